The topological polar surface area (TPSA) is 67.2 Å². The fourth-order valence-corrected chi connectivity index (χ4v) is 3.86. The minimum atomic E-state index is -0.0658. The number of likely N-dealkylation sites (tertiary alicyclic amines) is 1. The standard InChI is InChI=1S/C18H28N4O2/c23-17-8-7-16(14-21(17)13-15-5-2-1-3-6-15)18(24)19-10-12-22-11-4-9-20-22/h4,9,11,15-16H,1-3,5-8,10,12-14H2,(H,19,24). The molecule has 3 rings (SSSR count). The Morgan fingerprint density at radius 1 is 1.25 bits per heavy atom. The zero-order valence-corrected chi connectivity index (χ0v) is 14.3. The Morgan fingerprint density at radius 3 is 2.83 bits per heavy atom. The van der Waals surface area contributed by atoms with Gasteiger partial charge in [0.1, 0.15) is 0 Å². The molecule has 0 radical (unpaired) electrons. The van der Waals surface area contributed by atoms with Gasteiger partial charge in [-0.15, -0.1) is 0 Å². The maximum absolute atomic E-state index is 12.4. The summed E-state index contributed by atoms with van der Waals surface area (Å²) in [5, 5.41) is 7.12. The number of hydrogen-bond donors (Lipinski definition) is 1. The van der Waals surface area contributed by atoms with Crippen LogP contribution in [0.2, 0.25) is 0 Å². The van der Waals surface area contributed by atoms with Gasteiger partial charge in [0.15, 0.2) is 0 Å². The molecule has 0 bridgehead atoms. The molecule has 1 N–H and O–H groups in total. The molecule has 1 saturated heterocycles. The summed E-state index contributed by atoms with van der Waals surface area (Å²) in [7, 11) is 0. The molecule has 1 aliphatic heterocycles. The minimum absolute atomic E-state index is 0.0658. The largest absolute Gasteiger partial charge is 0.354 e. The van der Waals surface area contributed by atoms with Crippen LogP contribution in [-0.2, 0) is 16.1 Å². The van der Waals surface area contributed by atoms with E-state index >= 15 is 0 Å². The highest BCUT2D eigenvalue weighted by Crippen LogP contribution is 2.27. The van der Waals surface area contributed by atoms with Crippen LogP contribution in [0.15, 0.2) is 18.5 Å². The molecule has 1 aromatic heterocycles. The monoisotopic (exact) mass is 332 g/mol. The predicted octanol–water partition coefficient (Wildman–Crippen LogP) is 1.82. The number of carbonyl (C=O) groups is 2. The van der Waals surface area contributed by atoms with E-state index in [0.717, 1.165) is 6.54 Å². The number of amides is 2. The molecule has 2 amide bonds. The number of hydrogen-bond acceptors (Lipinski definition) is 3. The van der Waals surface area contributed by atoms with E-state index in [1.165, 1.54) is 32.1 Å². The maximum Gasteiger partial charge on any atom is 0.224 e. The lowest BCUT2D eigenvalue weighted by molar-refractivity contribution is -0.139. The van der Waals surface area contributed by atoms with Gasteiger partial charge in [-0.25, -0.2) is 0 Å². The van der Waals surface area contributed by atoms with Gasteiger partial charge < -0.3 is 10.2 Å². The number of piperidine rings is 1. The third-order valence-corrected chi connectivity index (χ3v) is 5.27. The van der Waals surface area contributed by atoms with E-state index < -0.39 is 0 Å². The van der Waals surface area contributed by atoms with Crippen molar-refractivity contribution >= 4 is 11.8 Å². The van der Waals surface area contributed by atoms with Crippen LogP contribution in [0.1, 0.15) is 44.9 Å². The molecule has 1 aliphatic carbocycles. The molecule has 1 saturated carbocycles. The molecule has 1 atom stereocenters. The number of aromatic nitrogens is 2. The molecule has 1 unspecified atom stereocenters. The van der Waals surface area contributed by atoms with Crippen molar-refractivity contribution in [2.75, 3.05) is 19.6 Å². The third-order valence-electron chi connectivity index (χ3n) is 5.27. The first-order valence-corrected chi connectivity index (χ1v) is 9.25. The molecule has 6 heteroatoms. The van der Waals surface area contributed by atoms with E-state index in [9.17, 15) is 9.59 Å². The summed E-state index contributed by atoms with van der Waals surface area (Å²) in [5.41, 5.74) is 0. The van der Waals surface area contributed by atoms with Crippen molar-refractivity contribution in [2.24, 2.45) is 11.8 Å². The molecule has 0 spiro atoms. The molecule has 6 nitrogen and oxygen atoms in total. The zero-order valence-electron chi connectivity index (χ0n) is 14.3. The van der Waals surface area contributed by atoms with E-state index in [0.29, 0.717) is 38.4 Å². The van der Waals surface area contributed by atoms with Crippen molar-refractivity contribution in [1.29, 1.82) is 0 Å². The number of rotatable bonds is 6. The van der Waals surface area contributed by atoms with Crippen molar-refractivity contribution in [3.8, 4) is 0 Å². The van der Waals surface area contributed by atoms with E-state index in [-0.39, 0.29) is 17.7 Å². The number of nitrogens with one attached hydrogen (secondary N) is 1. The van der Waals surface area contributed by atoms with Gasteiger partial charge in [-0.3, -0.25) is 14.3 Å². The lowest BCUT2D eigenvalue weighted by Gasteiger charge is -2.35. The Bertz CT molecular complexity index is 537. The minimum Gasteiger partial charge on any atom is -0.354 e. The molecular formula is C18H28N4O2. The van der Waals surface area contributed by atoms with Crippen molar-refractivity contribution in [3.63, 3.8) is 0 Å². The summed E-state index contributed by atoms with van der Waals surface area (Å²) < 4.78 is 1.81. The van der Waals surface area contributed by atoms with Gasteiger partial charge in [0.2, 0.25) is 11.8 Å². The third kappa shape index (κ3) is 4.58. The number of nitrogens with zero attached hydrogens (tertiary/aromatic N) is 3. The van der Waals surface area contributed by atoms with Gasteiger partial charge in [0, 0.05) is 38.4 Å². The van der Waals surface area contributed by atoms with Crippen molar-refractivity contribution < 1.29 is 9.59 Å². The van der Waals surface area contributed by atoms with Crippen LogP contribution in [-0.4, -0.2) is 46.1 Å². The Balaban J connectivity index is 1.44. The van der Waals surface area contributed by atoms with Crippen LogP contribution in [0.25, 0.3) is 0 Å². The second-order valence-corrected chi connectivity index (χ2v) is 7.10. The van der Waals surface area contributed by atoms with Crippen molar-refractivity contribution in [2.45, 2.75) is 51.5 Å². The van der Waals surface area contributed by atoms with Gasteiger partial charge in [0.05, 0.1) is 12.5 Å². The van der Waals surface area contributed by atoms with Crippen LogP contribution in [0, 0.1) is 11.8 Å². The summed E-state index contributed by atoms with van der Waals surface area (Å²) in [6.07, 6.45) is 11.1. The molecule has 132 valence electrons. The zero-order chi connectivity index (χ0) is 16.8. The second kappa shape index (κ2) is 8.31. The predicted molar refractivity (Wildman–Crippen MR) is 91.1 cm³/mol. The van der Waals surface area contributed by atoms with E-state index in [1.807, 2.05) is 17.2 Å². The fourth-order valence-electron chi connectivity index (χ4n) is 3.86. The normalized spacial score (nSPS) is 22.6. The highest BCUT2D eigenvalue weighted by Gasteiger charge is 2.31. The Labute approximate surface area is 143 Å². The van der Waals surface area contributed by atoms with Gasteiger partial charge in [0.25, 0.3) is 0 Å². The summed E-state index contributed by atoms with van der Waals surface area (Å²) in [6, 6.07) is 1.87. The highest BCUT2D eigenvalue weighted by atomic mass is 16.2. The maximum atomic E-state index is 12.4. The van der Waals surface area contributed by atoms with Crippen LogP contribution >= 0.6 is 0 Å². The Hall–Kier alpha value is -1.85. The van der Waals surface area contributed by atoms with Crippen LogP contribution in [0.4, 0.5) is 0 Å². The van der Waals surface area contributed by atoms with Crippen molar-refractivity contribution in [3.05, 3.63) is 18.5 Å². The van der Waals surface area contributed by atoms with Gasteiger partial charge in [-0.2, -0.15) is 5.10 Å². The molecule has 1 aromatic rings. The average molecular weight is 332 g/mol. The lowest BCUT2D eigenvalue weighted by Crippen LogP contribution is -2.47. The highest BCUT2D eigenvalue weighted by molar-refractivity contribution is 5.83. The molecule has 2 fully saturated rings. The molecular weight excluding hydrogens is 304 g/mol. The second-order valence-electron chi connectivity index (χ2n) is 7.10. The first-order chi connectivity index (χ1) is 11.7. The fraction of sp³-hybridized carbons (Fsp3) is 0.722. The quantitative estimate of drug-likeness (QED) is 0.864. The van der Waals surface area contributed by atoms with Gasteiger partial charge in [-0.1, -0.05) is 19.3 Å². The summed E-state index contributed by atoms with van der Waals surface area (Å²) in [5.74, 6) is 0.859. The first-order valence-electron chi connectivity index (χ1n) is 9.25. The van der Waals surface area contributed by atoms with Crippen LogP contribution in [0.3, 0.4) is 0 Å². The Morgan fingerprint density at radius 2 is 2.08 bits per heavy atom. The van der Waals surface area contributed by atoms with Gasteiger partial charge in [-0.05, 0) is 31.2 Å². The van der Waals surface area contributed by atoms with Crippen LogP contribution < -0.4 is 5.32 Å². The number of carbonyl (C=O) groups excluding carboxylic acids is 2. The first kappa shape index (κ1) is 17.0. The summed E-state index contributed by atoms with van der Waals surface area (Å²) in [6.45, 7) is 2.68. The SMILES string of the molecule is O=C(NCCn1cccn1)C1CCC(=O)N(CC2CCCCC2)C1. The lowest BCUT2D eigenvalue weighted by atomic mass is 9.87. The average Bonchev–Trinajstić information content (AvgIpc) is 3.11. The van der Waals surface area contributed by atoms with Crippen LogP contribution in [0.5, 0.6) is 0 Å². The molecule has 2 heterocycles. The smallest absolute Gasteiger partial charge is 0.224 e. The summed E-state index contributed by atoms with van der Waals surface area (Å²) >= 11 is 0. The van der Waals surface area contributed by atoms with E-state index in [2.05, 4.69) is 10.4 Å². The Kier molecular flexibility index (Phi) is 5.88. The van der Waals surface area contributed by atoms with E-state index in [4.69, 9.17) is 0 Å². The molecule has 0 aromatic carbocycles. The van der Waals surface area contributed by atoms with E-state index in [1.54, 1.807) is 10.9 Å². The summed E-state index contributed by atoms with van der Waals surface area (Å²) in [4.78, 5) is 26.5. The van der Waals surface area contributed by atoms with Gasteiger partial charge >= 0.3 is 0 Å². The molecule has 2 aliphatic rings. The van der Waals surface area contributed by atoms with Crippen molar-refractivity contribution in [1.82, 2.24) is 20.0 Å². The molecule has 24 heavy (non-hydrogen) atoms.